The van der Waals surface area contributed by atoms with Gasteiger partial charge in [0.05, 0.1) is 13.2 Å². The minimum Gasteiger partial charge on any atom is -0.376 e. The number of hydrogen-bond donors (Lipinski definition) is 0. The lowest BCUT2D eigenvalue weighted by molar-refractivity contribution is 0.111. The Balaban J connectivity index is 0.000000379. The van der Waals surface area contributed by atoms with E-state index in [0.717, 1.165) is 19.6 Å². The average Bonchev–Trinajstić information content (AvgIpc) is 2.34. The largest absolute Gasteiger partial charge is 0.376 e. The lowest BCUT2D eigenvalue weighted by atomic mass is 10.0. The highest BCUT2D eigenvalue weighted by Gasteiger charge is 2.06. The van der Waals surface area contributed by atoms with Crippen LogP contribution in [0, 0.1) is 0 Å². The van der Waals surface area contributed by atoms with Gasteiger partial charge in [-0.3, -0.25) is 0 Å². The number of rotatable bonds is 0. The number of hydrogen-bond acceptors (Lipinski definition) is 1. The lowest BCUT2D eigenvalue weighted by Crippen LogP contribution is -2.08. The second-order valence-electron chi connectivity index (χ2n) is 2.57. The van der Waals surface area contributed by atoms with Crippen molar-refractivity contribution in [3.05, 3.63) is 35.4 Å². The first kappa shape index (κ1) is 13.2. The third kappa shape index (κ3) is 3.93. The molecular weight excluding hydrogens is 172 g/mol. The van der Waals surface area contributed by atoms with E-state index in [1.165, 1.54) is 11.1 Å². The smallest absolute Gasteiger partial charge is 0.0719 e. The van der Waals surface area contributed by atoms with Crippen molar-refractivity contribution >= 4 is 0 Å². The summed E-state index contributed by atoms with van der Waals surface area (Å²) in [6.07, 6.45) is 1.08. The SMILES string of the molecule is CC.CC.c1ccc2c(c1)CCOC2. The van der Waals surface area contributed by atoms with Gasteiger partial charge in [0.2, 0.25) is 0 Å². The maximum atomic E-state index is 5.30. The third-order valence-corrected chi connectivity index (χ3v) is 1.89. The van der Waals surface area contributed by atoms with Crippen molar-refractivity contribution in [1.29, 1.82) is 0 Å². The monoisotopic (exact) mass is 194 g/mol. The highest BCUT2D eigenvalue weighted by molar-refractivity contribution is 5.27. The van der Waals surface area contributed by atoms with E-state index in [0.29, 0.717) is 0 Å². The van der Waals surface area contributed by atoms with Crippen LogP contribution in [-0.4, -0.2) is 6.61 Å². The van der Waals surface area contributed by atoms with Crippen molar-refractivity contribution in [2.24, 2.45) is 0 Å². The summed E-state index contributed by atoms with van der Waals surface area (Å²) in [5.41, 5.74) is 2.81. The van der Waals surface area contributed by atoms with E-state index >= 15 is 0 Å². The van der Waals surface area contributed by atoms with Crippen LogP contribution in [-0.2, 0) is 17.8 Å². The molecule has 1 aromatic rings. The molecule has 80 valence electrons. The molecule has 0 fully saturated rings. The van der Waals surface area contributed by atoms with Gasteiger partial charge in [0.15, 0.2) is 0 Å². The average molecular weight is 194 g/mol. The van der Waals surface area contributed by atoms with Gasteiger partial charge in [0, 0.05) is 0 Å². The molecule has 1 aromatic carbocycles. The number of ether oxygens (including phenoxy) is 1. The second-order valence-corrected chi connectivity index (χ2v) is 2.57. The molecule has 0 spiro atoms. The van der Waals surface area contributed by atoms with Crippen LogP contribution in [0.25, 0.3) is 0 Å². The molecule has 2 rings (SSSR count). The van der Waals surface area contributed by atoms with Gasteiger partial charge < -0.3 is 4.74 Å². The molecule has 1 nitrogen and oxygen atoms in total. The highest BCUT2D eigenvalue weighted by atomic mass is 16.5. The minimum absolute atomic E-state index is 0.802. The Hall–Kier alpha value is -0.820. The molecule has 0 bridgehead atoms. The Morgan fingerprint density at radius 1 is 0.929 bits per heavy atom. The molecular formula is C13H22O. The molecule has 0 saturated carbocycles. The summed E-state index contributed by atoms with van der Waals surface area (Å²) in [7, 11) is 0. The van der Waals surface area contributed by atoms with E-state index in [9.17, 15) is 0 Å². The van der Waals surface area contributed by atoms with Crippen LogP contribution >= 0.6 is 0 Å². The van der Waals surface area contributed by atoms with Gasteiger partial charge >= 0.3 is 0 Å². The highest BCUT2D eigenvalue weighted by Crippen LogP contribution is 2.14. The standard InChI is InChI=1S/C9H10O.2C2H6/c1-2-4-9-7-10-6-5-8(9)3-1;2*1-2/h1-4H,5-7H2;2*1-2H3. The molecule has 1 aliphatic heterocycles. The predicted molar refractivity (Wildman–Crippen MR) is 62.5 cm³/mol. The zero-order chi connectivity index (χ0) is 10.8. The summed E-state index contributed by atoms with van der Waals surface area (Å²) in [6, 6.07) is 8.46. The topological polar surface area (TPSA) is 9.23 Å². The summed E-state index contributed by atoms with van der Waals surface area (Å²) < 4.78 is 5.30. The fourth-order valence-electron chi connectivity index (χ4n) is 1.31. The molecule has 1 heteroatoms. The fourth-order valence-corrected chi connectivity index (χ4v) is 1.31. The van der Waals surface area contributed by atoms with Crippen molar-refractivity contribution in [3.63, 3.8) is 0 Å². The Bertz CT molecular complexity index is 205. The molecule has 0 radical (unpaired) electrons. The van der Waals surface area contributed by atoms with Crippen molar-refractivity contribution < 1.29 is 4.74 Å². The summed E-state index contributed by atoms with van der Waals surface area (Å²) in [5.74, 6) is 0. The molecule has 0 unspecified atom stereocenters. The summed E-state index contributed by atoms with van der Waals surface area (Å²) in [5, 5.41) is 0. The van der Waals surface area contributed by atoms with Crippen LogP contribution in [0.15, 0.2) is 24.3 Å². The van der Waals surface area contributed by atoms with Gasteiger partial charge in [-0.15, -0.1) is 0 Å². The number of benzene rings is 1. The van der Waals surface area contributed by atoms with Gasteiger partial charge in [-0.1, -0.05) is 52.0 Å². The molecule has 0 saturated heterocycles. The van der Waals surface area contributed by atoms with Gasteiger partial charge in [-0.05, 0) is 17.5 Å². The van der Waals surface area contributed by atoms with E-state index in [-0.39, 0.29) is 0 Å². The van der Waals surface area contributed by atoms with Crippen molar-refractivity contribution in [2.45, 2.75) is 40.7 Å². The molecule has 1 aliphatic rings. The predicted octanol–water partition coefficient (Wildman–Crippen LogP) is 3.81. The normalized spacial score (nSPS) is 12.6. The molecule has 0 N–H and O–H groups in total. The zero-order valence-electron chi connectivity index (χ0n) is 9.84. The van der Waals surface area contributed by atoms with Crippen molar-refractivity contribution in [2.75, 3.05) is 6.61 Å². The molecule has 0 amide bonds. The van der Waals surface area contributed by atoms with Crippen molar-refractivity contribution in [3.8, 4) is 0 Å². The zero-order valence-corrected chi connectivity index (χ0v) is 9.84. The fraction of sp³-hybridized carbons (Fsp3) is 0.538. The van der Waals surface area contributed by atoms with Crippen LogP contribution in [0.5, 0.6) is 0 Å². The van der Waals surface area contributed by atoms with Gasteiger partial charge in [0.1, 0.15) is 0 Å². The van der Waals surface area contributed by atoms with Crippen LogP contribution < -0.4 is 0 Å². The summed E-state index contributed by atoms with van der Waals surface area (Å²) in [6.45, 7) is 9.69. The van der Waals surface area contributed by atoms with Gasteiger partial charge in [0.25, 0.3) is 0 Å². The Labute approximate surface area is 88.1 Å². The summed E-state index contributed by atoms with van der Waals surface area (Å²) >= 11 is 0. The maximum Gasteiger partial charge on any atom is 0.0719 e. The van der Waals surface area contributed by atoms with E-state index in [1.807, 2.05) is 27.7 Å². The maximum absolute atomic E-state index is 5.30. The van der Waals surface area contributed by atoms with E-state index < -0.39 is 0 Å². The second kappa shape index (κ2) is 8.76. The first-order valence-electron chi connectivity index (χ1n) is 5.61. The summed E-state index contributed by atoms with van der Waals surface area (Å²) in [4.78, 5) is 0. The third-order valence-electron chi connectivity index (χ3n) is 1.89. The van der Waals surface area contributed by atoms with Crippen LogP contribution in [0.3, 0.4) is 0 Å². The molecule has 0 atom stereocenters. The Morgan fingerprint density at radius 2 is 1.50 bits per heavy atom. The lowest BCUT2D eigenvalue weighted by Gasteiger charge is -2.14. The first-order valence-corrected chi connectivity index (χ1v) is 5.61. The van der Waals surface area contributed by atoms with Crippen molar-refractivity contribution in [1.82, 2.24) is 0 Å². The van der Waals surface area contributed by atoms with Crippen LogP contribution in [0.4, 0.5) is 0 Å². The Morgan fingerprint density at radius 3 is 2.07 bits per heavy atom. The Kier molecular flexibility index (Phi) is 8.25. The molecule has 1 heterocycles. The van der Waals surface area contributed by atoms with Gasteiger partial charge in [-0.25, -0.2) is 0 Å². The molecule has 0 aromatic heterocycles. The van der Waals surface area contributed by atoms with Gasteiger partial charge in [-0.2, -0.15) is 0 Å². The minimum atomic E-state index is 0.802. The molecule has 0 aliphatic carbocycles. The van der Waals surface area contributed by atoms with Crippen LogP contribution in [0.1, 0.15) is 38.8 Å². The van der Waals surface area contributed by atoms with E-state index in [1.54, 1.807) is 0 Å². The van der Waals surface area contributed by atoms with Crippen LogP contribution in [0.2, 0.25) is 0 Å². The number of fused-ring (bicyclic) bond motifs is 1. The quantitative estimate of drug-likeness (QED) is 0.610. The first-order chi connectivity index (χ1) is 6.97. The van der Waals surface area contributed by atoms with E-state index in [2.05, 4.69) is 24.3 Å². The molecule has 14 heavy (non-hydrogen) atoms. The van der Waals surface area contributed by atoms with E-state index in [4.69, 9.17) is 4.74 Å².